The van der Waals surface area contributed by atoms with Crippen molar-refractivity contribution >= 4 is 44.6 Å². The van der Waals surface area contributed by atoms with Crippen molar-refractivity contribution in [3.8, 4) is 10.6 Å². The molecular weight excluding hydrogens is 346 g/mol. The topological polar surface area (TPSA) is 37.0 Å². The Morgan fingerprint density at radius 2 is 1.76 bits per heavy atom. The first-order valence-corrected chi connectivity index (χ1v) is 10.0. The van der Waals surface area contributed by atoms with Gasteiger partial charge < -0.3 is 10.6 Å². The average molecular weight is 368 g/mol. The number of hydrogen-bond acceptors (Lipinski definition) is 3. The van der Waals surface area contributed by atoms with E-state index in [0.29, 0.717) is 6.04 Å². The number of fused-ring (bicyclic) bond motifs is 1. The Morgan fingerprint density at radius 3 is 2.52 bits per heavy atom. The van der Waals surface area contributed by atoms with E-state index < -0.39 is 0 Å². The van der Waals surface area contributed by atoms with Crippen LogP contribution in [0, 0.1) is 0 Å². The van der Waals surface area contributed by atoms with Gasteiger partial charge in [0.1, 0.15) is 5.01 Å². The molecule has 25 heavy (non-hydrogen) atoms. The Morgan fingerprint density at radius 1 is 1.00 bits per heavy atom. The molecule has 1 saturated carbocycles. The van der Waals surface area contributed by atoms with E-state index in [9.17, 15) is 0 Å². The summed E-state index contributed by atoms with van der Waals surface area (Å²) < 4.78 is 1.22. The first-order valence-electron chi connectivity index (χ1n) is 8.81. The number of nitrogens with one attached hydrogen (secondary N) is 2. The van der Waals surface area contributed by atoms with Crippen molar-refractivity contribution < 1.29 is 0 Å². The molecule has 128 valence electrons. The number of thiocarbonyl (C=S) groups is 1. The van der Waals surface area contributed by atoms with E-state index in [-0.39, 0.29) is 0 Å². The molecular formula is C20H21N3S2. The summed E-state index contributed by atoms with van der Waals surface area (Å²) in [6, 6.07) is 17.1. The zero-order valence-electron chi connectivity index (χ0n) is 14.0. The molecule has 0 radical (unpaired) electrons. The van der Waals surface area contributed by atoms with Crippen molar-refractivity contribution in [3.05, 3.63) is 48.5 Å². The maximum absolute atomic E-state index is 5.45. The number of rotatable bonds is 3. The van der Waals surface area contributed by atoms with E-state index in [0.717, 1.165) is 26.9 Å². The van der Waals surface area contributed by atoms with Gasteiger partial charge in [-0.3, -0.25) is 0 Å². The minimum atomic E-state index is 0.524. The van der Waals surface area contributed by atoms with Crippen LogP contribution in [0.2, 0.25) is 0 Å². The quantitative estimate of drug-likeness (QED) is 0.592. The van der Waals surface area contributed by atoms with Crippen molar-refractivity contribution in [1.29, 1.82) is 0 Å². The molecule has 2 N–H and O–H groups in total. The molecule has 3 aromatic rings. The van der Waals surface area contributed by atoms with Crippen molar-refractivity contribution in [1.82, 2.24) is 10.3 Å². The van der Waals surface area contributed by atoms with E-state index >= 15 is 0 Å². The van der Waals surface area contributed by atoms with E-state index in [1.165, 1.54) is 36.8 Å². The monoisotopic (exact) mass is 367 g/mol. The van der Waals surface area contributed by atoms with Crippen LogP contribution in [0.25, 0.3) is 20.8 Å². The summed E-state index contributed by atoms with van der Waals surface area (Å²) in [5.74, 6) is 0. The summed E-state index contributed by atoms with van der Waals surface area (Å²) in [6.45, 7) is 0. The highest BCUT2D eigenvalue weighted by molar-refractivity contribution is 7.80. The van der Waals surface area contributed by atoms with Gasteiger partial charge in [-0.1, -0.05) is 31.4 Å². The predicted molar refractivity (Wildman–Crippen MR) is 111 cm³/mol. The molecule has 0 aliphatic heterocycles. The molecule has 0 spiro atoms. The van der Waals surface area contributed by atoms with Gasteiger partial charge in [0.15, 0.2) is 5.11 Å². The lowest BCUT2D eigenvalue weighted by atomic mass is 9.96. The molecule has 4 rings (SSSR count). The molecule has 0 amide bonds. The number of hydrogen-bond donors (Lipinski definition) is 2. The third-order valence-electron chi connectivity index (χ3n) is 4.62. The molecule has 0 unspecified atom stereocenters. The first-order chi connectivity index (χ1) is 12.3. The summed E-state index contributed by atoms with van der Waals surface area (Å²) in [4.78, 5) is 4.71. The van der Waals surface area contributed by atoms with Crippen LogP contribution in [0.3, 0.4) is 0 Å². The van der Waals surface area contributed by atoms with Crippen LogP contribution in [0.1, 0.15) is 32.1 Å². The largest absolute Gasteiger partial charge is 0.360 e. The second kappa shape index (κ2) is 7.50. The zero-order valence-corrected chi connectivity index (χ0v) is 15.6. The third kappa shape index (κ3) is 3.99. The molecule has 0 atom stereocenters. The highest BCUT2D eigenvalue weighted by Crippen LogP contribution is 2.30. The molecule has 3 nitrogen and oxygen atoms in total. The minimum Gasteiger partial charge on any atom is -0.360 e. The van der Waals surface area contributed by atoms with Crippen LogP contribution in [0.5, 0.6) is 0 Å². The summed E-state index contributed by atoms with van der Waals surface area (Å²) in [5, 5.41) is 8.51. The summed E-state index contributed by atoms with van der Waals surface area (Å²) in [6.07, 6.45) is 6.40. The van der Waals surface area contributed by atoms with Crippen molar-refractivity contribution in [2.45, 2.75) is 38.1 Å². The van der Waals surface area contributed by atoms with Gasteiger partial charge >= 0.3 is 0 Å². The van der Waals surface area contributed by atoms with E-state index in [1.807, 2.05) is 6.07 Å². The van der Waals surface area contributed by atoms with Gasteiger partial charge in [0.2, 0.25) is 0 Å². The Bertz CT molecular complexity index is 831. The Hall–Kier alpha value is -1.98. The van der Waals surface area contributed by atoms with E-state index in [4.69, 9.17) is 17.2 Å². The second-order valence-electron chi connectivity index (χ2n) is 6.50. The van der Waals surface area contributed by atoms with Crippen LogP contribution < -0.4 is 10.6 Å². The molecule has 1 heterocycles. The lowest BCUT2D eigenvalue weighted by molar-refractivity contribution is 0.415. The highest BCUT2D eigenvalue weighted by atomic mass is 32.1. The highest BCUT2D eigenvalue weighted by Gasteiger charge is 2.14. The van der Waals surface area contributed by atoms with Crippen LogP contribution >= 0.6 is 23.6 Å². The normalized spacial score (nSPS) is 15.2. The second-order valence-corrected chi connectivity index (χ2v) is 7.94. The van der Waals surface area contributed by atoms with Crippen molar-refractivity contribution in [2.24, 2.45) is 0 Å². The molecule has 1 aliphatic rings. The molecule has 5 heteroatoms. The maximum atomic E-state index is 5.45. The Labute approximate surface area is 157 Å². The lowest BCUT2D eigenvalue weighted by Gasteiger charge is -2.24. The molecule has 0 saturated heterocycles. The van der Waals surface area contributed by atoms with Crippen molar-refractivity contribution in [3.63, 3.8) is 0 Å². The van der Waals surface area contributed by atoms with Crippen molar-refractivity contribution in [2.75, 3.05) is 5.32 Å². The smallest absolute Gasteiger partial charge is 0.170 e. The fourth-order valence-electron chi connectivity index (χ4n) is 3.29. The van der Waals surface area contributed by atoms with Gasteiger partial charge in [0.05, 0.1) is 10.2 Å². The number of para-hydroxylation sites is 1. The van der Waals surface area contributed by atoms with Gasteiger partial charge in [-0.05, 0) is 61.5 Å². The molecule has 2 aromatic carbocycles. The summed E-state index contributed by atoms with van der Waals surface area (Å²) in [5.41, 5.74) is 3.21. The van der Waals surface area contributed by atoms with Gasteiger partial charge in [-0.25, -0.2) is 4.98 Å². The number of benzene rings is 2. The third-order valence-corrected chi connectivity index (χ3v) is 5.93. The number of aromatic nitrogens is 1. The fourth-order valence-corrected chi connectivity index (χ4v) is 4.55. The zero-order chi connectivity index (χ0) is 17.1. The van der Waals surface area contributed by atoms with Crippen LogP contribution in [0.4, 0.5) is 5.69 Å². The average Bonchev–Trinajstić information content (AvgIpc) is 3.07. The summed E-state index contributed by atoms with van der Waals surface area (Å²) in [7, 11) is 0. The first kappa shape index (κ1) is 16.5. The van der Waals surface area contributed by atoms with Gasteiger partial charge in [-0.2, -0.15) is 0 Å². The molecule has 1 fully saturated rings. The standard InChI is InChI=1S/C20H21N3S2/c24-20(21-15-6-2-1-3-7-15)22-16-12-10-14(11-13-16)19-23-17-8-4-5-9-18(17)25-19/h4-5,8-13,15H,1-3,6-7H2,(H2,21,22,24). The maximum Gasteiger partial charge on any atom is 0.170 e. The molecule has 0 bridgehead atoms. The van der Waals surface area contributed by atoms with Crippen LogP contribution in [0.15, 0.2) is 48.5 Å². The van der Waals surface area contributed by atoms with Gasteiger partial charge in [0, 0.05) is 17.3 Å². The predicted octanol–water partition coefficient (Wildman–Crippen LogP) is 5.58. The van der Waals surface area contributed by atoms with Crippen LogP contribution in [-0.4, -0.2) is 16.1 Å². The van der Waals surface area contributed by atoms with Gasteiger partial charge in [-0.15, -0.1) is 11.3 Å². The van der Waals surface area contributed by atoms with E-state index in [2.05, 4.69) is 53.1 Å². The number of nitrogens with zero attached hydrogens (tertiary/aromatic N) is 1. The van der Waals surface area contributed by atoms with Crippen LogP contribution in [-0.2, 0) is 0 Å². The minimum absolute atomic E-state index is 0.524. The molecule has 1 aromatic heterocycles. The van der Waals surface area contributed by atoms with Gasteiger partial charge in [0.25, 0.3) is 0 Å². The number of thiazole rings is 1. The Balaban J connectivity index is 1.41. The fraction of sp³-hybridized carbons (Fsp3) is 0.300. The molecule has 1 aliphatic carbocycles. The summed E-state index contributed by atoms with van der Waals surface area (Å²) >= 11 is 7.18. The number of anilines is 1. The lowest BCUT2D eigenvalue weighted by Crippen LogP contribution is -2.38. The Kier molecular flexibility index (Phi) is 4.95. The SMILES string of the molecule is S=C(Nc1ccc(-c2nc3ccccc3s2)cc1)NC1CCCCC1. The van der Waals surface area contributed by atoms with E-state index in [1.54, 1.807) is 11.3 Å².